The molecular formula is C15H14F2N2O. The molecule has 0 saturated carbocycles. The number of carbonyl (C=O) groups excluding carboxylic acids is 1. The van der Waals surface area contributed by atoms with E-state index in [0.29, 0.717) is 11.6 Å². The van der Waals surface area contributed by atoms with E-state index in [4.69, 9.17) is 5.73 Å². The van der Waals surface area contributed by atoms with Gasteiger partial charge in [-0.3, -0.25) is 4.79 Å². The van der Waals surface area contributed by atoms with Gasteiger partial charge in [0.25, 0.3) is 5.91 Å². The van der Waals surface area contributed by atoms with Crippen LogP contribution in [0.4, 0.5) is 20.2 Å². The molecule has 0 atom stereocenters. The predicted octanol–water partition coefficient (Wildman–Crippen LogP) is 3.42. The number of hydrogen-bond donors (Lipinski definition) is 2. The smallest absolute Gasteiger partial charge is 0.256 e. The molecule has 0 radical (unpaired) electrons. The van der Waals surface area contributed by atoms with Crippen molar-refractivity contribution in [2.24, 2.45) is 0 Å². The highest BCUT2D eigenvalue weighted by Gasteiger charge is 2.15. The molecule has 2 rings (SSSR count). The highest BCUT2D eigenvalue weighted by atomic mass is 19.1. The molecule has 0 spiro atoms. The Labute approximate surface area is 115 Å². The van der Waals surface area contributed by atoms with Crippen LogP contribution >= 0.6 is 0 Å². The van der Waals surface area contributed by atoms with E-state index in [0.717, 1.165) is 17.2 Å². The van der Waals surface area contributed by atoms with Crippen molar-refractivity contribution in [2.75, 3.05) is 11.1 Å². The molecule has 2 aromatic carbocycles. The van der Waals surface area contributed by atoms with Gasteiger partial charge in [-0.15, -0.1) is 0 Å². The third kappa shape index (κ3) is 2.77. The number of benzene rings is 2. The van der Waals surface area contributed by atoms with E-state index in [2.05, 4.69) is 5.32 Å². The van der Waals surface area contributed by atoms with Crippen molar-refractivity contribution >= 4 is 17.3 Å². The second kappa shape index (κ2) is 5.28. The highest BCUT2D eigenvalue weighted by molar-refractivity contribution is 6.06. The molecule has 1 amide bonds. The molecule has 0 fully saturated rings. The zero-order chi connectivity index (χ0) is 14.9. The fraction of sp³-hybridized carbons (Fsp3) is 0.133. The highest BCUT2D eigenvalue weighted by Crippen LogP contribution is 2.25. The first kappa shape index (κ1) is 14.0. The minimum absolute atomic E-state index is 0.152. The van der Waals surface area contributed by atoms with Gasteiger partial charge in [-0.2, -0.15) is 0 Å². The Hall–Kier alpha value is -2.43. The molecule has 0 aliphatic rings. The SMILES string of the molecule is Cc1ccc(C)c(C(=O)Nc2c(N)cc(F)cc2F)c1. The Morgan fingerprint density at radius 1 is 1.15 bits per heavy atom. The van der Waals surface area contributed by atoms with Crippen LogP contribution in [0.5, 0.6) is 0 Å². The van der Waals surface area contributed by atoms with Crippen molar-refractivity contribution in [1.82, 2.24) is 0 Å². The van der Waals surface area contributed by atoms with Crippen molar-refractivity contribution in [2.45, 2.75) is 13.8 Å². The Morgan fingerprint density at radius 3 is 2.50 bits per heavy atom. The van der Waals surface area contributed by atoms with Crippen molar-refractivity contribution in [3.8, 4) is 0 Å². The lowest BCUT2D eigenvalue weighted by Gasteiger charge is -2.11. The zero-order valence-corrected chi connectivity index (χ0v) is 11.1. The van der Waals surface area contributed by atoms with E-state index in [1.54, 1.807) is 19.1 Å². The minimum atomic E-state index is -0.902. The number of amides is 1. The van der Waals surface area contributed by atoms with E-state index in [9.17, 15) is 13.6 Å². The summed E-state index contributed by atoms with van der Waals surface area (Å²) in [6.45, 7) is 3.63. The van der Waals surface area contributed by atoms with Crippen LogP contribution in [0.25, 0.3) is 0 Å². The Balaban J connectivity index is 2.35. The summed E-state index contributed by atoms with van der Waals surface area (Å²) in [5, 5.41) is 2.38. The topological polar surface area (TPSA) is 55.1 Å². The van der Waals surface area contributed by atoms with E-state index in [1.165, 1.54) is 0 Å². The van der Waals surface area contributed by atoms with Gasteiger partial charge in [-0.1, -0.05) is 17.7 Å². The molecule has 5 heteroatoms. The number of rotatable bonds is 2. The first-order valence-corrected chi connectivity index (χ1v) is 6.01. The molecule has 0 heterocycles. The Morgan fingerprint density at radius 2 is 1.85 bits per heavy atom. The standard InChI is InChI=1S/C15H14F2N2O/c1-8-3-4-9(2)11(5-8)15(20)19-14-12(17)6-10(16)7-13(14)18/h3-7H,18H2,1-2H3,(H,19,20). The van der Waals surface area contributed by atoms with Crippen LogP contribution in [0.2, 0.25) is 0 Å². The van der Waals surface area contributed by atoms with E-state index in [-0.39, 0.29) is 11.4 Å². The molecule has 0 saturated heterocycles. The summed E-state index contributed by atoms with van der Waals surface area (Å²) in [4.78, 5) is 12.1. The van der Waals surface area contributed by atoms with Crippen LogP contribution in [0.3, 0.4) is 0 Å². The average molecular weight is 276 g/mol. The second-order valence-electron chi connectivity index (χ2n) is 4.62. The predicted molar refractivity (Wildman–Crippen MR) is 74.6 cm³/mol. The molecule has 0 aliphatic carbocycles. The number of aryl methyl sites for hydroxylation is 2. The second-order valence-corrected chi connectivity index (χ2v) is 4.62. The average Bonchev–Trinajstić information content (AvgIpc) is 2.36. The van der Waals surface area contributed by atoms with Gasteiger partial charge in [0.2, 0.25) is 0 Å². The fourth-order valence-corrected chi connectivity index (χ4v) is 1.89. The van der Waals surface area contributed by atoms with Crippen LogP contribution in [0, 0.1) is 25.5 Å². The van der Waals surface area contributed by atoms with Gasteiger partial charge in [0, 0.05) is 11.6 Å². The van der Waals surface area contributed by atoms with Gasteiger partial charge >= 0.3 is 0 Å². The van der Waals surface area contributed by atoms with Crippen LogP contribution in [-0.4, -0.2) is 5.91 Å². The quantitative estimate of drug-likeness (QED) is 0.826. The van der Waals surface area contributed by atoms with Crippen LogP contribution in [0.15, 0.2) is 30.3 Å². The Bertz CT molecular complexity index is 661. The van der Waals surface area contributed by atoms with Crippen molar-refractivity contribution in [3.05, 3.63) is 58.7 Å². The molecule has 0 aliphatic heterocycles. The maximum Gasteiger partial charge on any atom is 0.256 e. The van der Waals surface area contributed by atoms with Gasteiger partial charge in [0.05, 0.1) is 5.69 Å². The van der Waals surface area contributed by atoms with Crippen molar-refractivity contribution in [3.63, 3.8) is 0 Å². The Kier molecular flexibility index (Phi) is 3.70. The number of nitrogens with two attached hydrogens (primary N) is 1. The number of halogens is 2. The minimum Gasteiger partial charge on any atom is -0.397 e. The van der Waals surface area contributed by atoms with Crippen molar-refractivity contribution in [1.29, 1.82) is 0 Å². The molecule has 20 heavy (non-hydrogen) atoms. The molecular weight excluding hydrogens is 262 g/mol. The maximum absolute atomic E-state index is 13.6. The number of nitrogens with one attached hydrogen (secondary N) is 1. The first-order valence-electron chi connectivity index (χ1n) is 6.01. The van der Waals surface area contributed by atoms with Gasteiger partial charge in [0.15, 0.2) is 5.82 Å². The molecule has 3 N–H and O–H groups in total. The van der Waals surface area contributed by atoms with Crippen LogP contribution < -0.4 is 11.1 Å². The largest absolute Gasteiger partial charge is 0.397 e. The molecule has 3 nitrogen and oxygen atoms in total. The molecule has 0 bridgehead atoms. The van der Waals surface area contributed by atoms with Crippen LogP contribution in [0.1, 0.15) is 21.5 Å². The van der Waals surface area contributed by atoms with E-state index >= 15 is 0 Å². The summed E-state index contributed by atoms with van der Waals surface area (Å²) in [7, 11) is 0. The summed E-state index contributed by atoms with van der Waals surface area (Å²) < 4.78 is 26.6. The normalized spacial score (nSPS) is 10.4. The van der Waals surface area contributed by atoms with E-state index in [1.807, 2.05) is 13.0 Å². The summed E-state index contributed by atoms with van der Waals surface area (Å²) in [6, 6.07) is 7.01. The number of carbonyl (C=O) groups is 1. The maximum atomic E-state index is 13.6. The summed E-state index contributed by atoms with van der Waals surface area (Å²) in [5.41, 5.74) is 7.25. The molecule has 104 valence electrons. The van der Waals surface area contributed by atoms with Crippen LogP contribution in [-0.2, 0) is 0 Å². The summed E-state index contributed by atoms with van der Waals surface area (Å²) in [5.74, 6) is -2.17. The lowest BCUT2D eigenvalue weighted by atomic mass is 10.0. The number of hydrogen-bond acceptors (Lipinski definition) is 2. The van der Waals surface area contributed by atoms with Gasteiger partial charge in [0.1, 0.15) is 11.5 Å². The monoisotopic (exact) mass is 276 g/mol. The number of anilines is 2. The van der Waals surface area contributed by atoms with Gasteiger partial charge in [-0.25, -0.2) is 8.78 Å². The lowest BCUT2D eigenvalue weighted by Crippen LogP contribution is -2.16. The van der Waals surface area contributed by atoms with Gasteiger partial charge in [-0.05, 0) is 31.5 Å². The molecule has 2 aromatic rings. The molecule has 0 aromatic heterocycles. The first-order chi connectivity index (χ1) is 9.38. The molecule has 0 unspecified atom stereocenters. The summed E-state index contributed by atoms with van der Waals surface area (Å²) >= 11 is 0. The number of nitrogen functional groups attached to an aromatic ring is 1. The zero-order valence-electron chi connectivity index (χ0n) is 11.1. The summed E-state index contributed by atoms with van der Waals surface area (Å²) in [6.07, 6.45) is 0. The lowest BCUT2D eigenvalue weighted by molar-refractivity contribution is 0.102. The fourth-order valence-electron chi connectivity index (χ4n) is 1.89. The van der Waals surface area contributed by atoms with Crippen molar-refractivity contribution < 1.29 is 13.6 Å². The van der Waals surface area contributed by atoms with Gasteiger partial charge < -0.3 is 11.1 Å². The third-order valence-electron chi connectivity index (χ3n) is 2.96. The third-order valence-corrected chi connectivity index (χ3v) is 2.96. The van der Waals surface area contributed by atoms with E-state index < -0.39 is 17.5 Å².